The second-order valence-corrected chi connectivity index (χ2v) is 6.20. The first-order valence-corrected chi connectivity index (χ1v) is 6.28. The van der Waals surface area contributed by atoms with E-state index < -0.39 is 5.60 Å². The number of ether oxygens (including phenoxy) is 2. The van der Waals surface area contributed by atoms with Crippen molar-refractivity contribution in [1.29, 1.82) is 0 Å². The molecule has 0 aromatic rings. The lowest BCUT2D eigenvalue weighted by Gasteiger charge is -2.51. The molecule has 1 aliphatic rings. The second-order valence-electron chi connectivity index (χ2n) is 6.20. The van der Waals surface area contributed by atoms with E-state index in [0.29, 0.717) is 6.61 Å². The quantitative estimate of drug-likeness (QED) is 0.829. The molecule has 1 amide bonds. The predicted octanol–water partition coefficient (Wildman–Crippen LogP) is 2.71. The van der Waals surface area contributed by atoms with Crippen molar-refractivity contribution in [2.24, 2.45) is 5.41 Å². The highest BCUT2D eigenvalue weighted by atomic mass is 16.6. The van der Waals surface area contributed by atoms with Gasteiger partial charge in [0, 0.05) is 18.1 Å². The number of rotatable bonds is 3. The molecule has 2 atom stereocenters. The summed E-state index contributed by atoms with van der Waals surface area (Å²) in [5, 5.41) is 2.91. The molecule has 4 heteroatoms. The highest BCUT2D eigenvalue weighted by Gasteiger charge is 2.49. The molecule has 0 bridgehead atoms. The average molecular weight is 243 g/mol. The number of alkyl carbamates (subject to hydrolysis) is 1. The van der Waals surface area contributed by atoms with Gasteiger partial charge in [0.05, 0.1) is 6.10 Å². The van der Waals surface area contributed by atoms with E-state index in [4.69, 9.17) is 9.47 Å². The molecule has 1 N–H and O–H groups in total. The number of carbonyl (C=O) groups excluding carboxylic acids is 1. The first-order valence-electron chi connectivity index (χ1n) is 6.28. The maximum atomic E-state index is 11.6. The zero-order chi connectivity index (χ0) is 13.3. The lowest BCUT2D eigenvalue weighted by Crippen LogP contribution is -2.62. The molecule has 0 radical (unpaired) electrons. The van der Waals surface area contributed by atoms with Gasteiger partial charge < -0.3 is 14.8 Å². The van der Waals surface area contributed by atoms with E-state index >= 15 is 0 Å². The third kappa shape index (κ3) is 3.60. The Hall–Kier alpha value is -0.770. The van der Waals surface area contributed by atoms with E-state index in [1.807, 2.05) is 27.7 Å². The Morgan fingerprint density at radius 1 is 1.41 bits per heavy atom. The highest BCUT2D eigenvalue weighted by Crippen LogP contribution is 2.42. The molecule has 0 aromatic heterocycles. The third-order valence-electron chi connectivity index (χ3n) is 3.24. The lowest BCUT2D eigenvalue weighted by molar-refractivity contribution is -0.113. The minimum Gasteiger partial charge on any atom is -0.444 e. The maximum absolute atomic E-state index is 11.6. The van der Waals surface area contributed by atoms with Crippen LogP contribution < -0.4 is 5.32 Å². The zero-order valence-corrected chi connectivity index (χ0v) is 11.8. The van der Waals surface area contributed by atoms with Gasteiger partial charge in [-0.05, 0) is 34.1 Å². The summed E-state index contributed by atoms with van der Waals surface area (Å²) in [6.07, 6.45) is 0.748. The number of carbonyl (C=O) groups is 1. The maximum Gasteiger partial charge on any atom is 0.407 e. The molecule has 0 spiro atoms. The predicted molar refractivity (Wildman–Crippen MR) is 67.0 cm³/mol. The molecular formula is C13H25NO3. The van der Waals surface area contributed by atoms with Crippen LogP contribution in [0.3, 0.4) is 0 Å². The summed E-state index contributed by atoms with van der Waals surface area (Å²) in [6, 6.07) is 0.133. The molecule has 4 nitrogen and oxygen atoms in total. The van der Waals surface area contributed by atoms with Gasteiger partial charge in [-0.25, -0.2) is 4.79 Å². The molecule has 1 saturated carbocycles. The summed E-state index contributed by atoms with van der Waals surface area (Å²) in [4.78, 5) is 11.6. The van der Waals surface area contributed by atoms with Gasteiger partial charge in [-0.2, -0.15) is 0 Å². The van der Waals surface area contributed by atoms with E-state index in [0.717, 1.165) is 6.42 Å². The third-order valence-corrected chi connectivity index (χ3v) is 3.24. The Morgan fingerprint density at radius 2 is 2.00 bits per heavy atom. The zero-order valence-electron chi connectivity index (χ0n) is 11.8. The van der Waals surface area contributed by atoms with Crippen LogP contribution in [0.25, 0.3) is 0 Å². The van der Waals surface area contributed by atoms with Crippen LogP contribution in [-0.4, -0.2) is 30.4 Å². The van der Waals surface area contributed by atoms with E-state index in [1.165, 1.54) is 0 Å². The summed E-state index contributed by atoms with van der Waals surface area (Å²) in [5.41, 5.74) is -0.468. The van der Waals surface area contributed by atoms with Crippen LogP contribution in [0.1, 0.15) is 48.0 Å². The van der Waals surface area contributed by atoms with Crippen LogP contribution in [-0.2, 0) is 9.47 Å². The molecule has 1 fully saturated rings. The van der Waals surface area contributed by atoms with Crippen molar-refractivity contribution in [2.75, 3.05) is 6.61 Å². The van der Waals surface area contributed by atoms with E-state index in [-0.39, 0.29) is 23.7 Å². The Morgan fingerprint density at radius 3 is 2.41 bits per heavy atom. The molecular weight excluding hydrogens is 218 g/mol. The van der Waals surface area contributed by atoms with Gasteiger partial charge in [0.25, 0.3) is 0 Å². The minimum absolute atomic E-state index is 0.0209. The summed E-state index contributed by atoms with van der Waals surface area (Å²) in [5.74, 6) is 0. The van der Waals surface area contributed by atoms with Gasteiger partial charge in [0.1, 0.15) is 5.60 Å². The van der Waals surface area contributed by atoms with Crippen molar-refractivity contribution in [3.8, 4) is 0 Å². The minimum atomic E-state index is -0.447. The van der Waals surface area contributed by atoms with Crippen LogP contribution in [0.2, 0.25) is 0 Å². The van der Waals surface area contributed by atoms with Crippen LogP contribution in [0.5, 0.6) is 0 Å². The smallest absolute Gasteiger partial charge is 0.407 e. The monoisotopic (exact) mass is 243 g/mol. The van der Waals surface area contributed by atoms with E-state index in [9.17, 15) is 4.79 Å². The first-order chi connectivity index (χ1) is 7.66. The Balaban J connectivity index is 2.42. The van der Waals surface area contributed by atoms with Gasteiger partial charge in [0.15, 0.2) is 0 Å². The fraction of sp³-hybridized carbons (Fsp3) is 0.923. The summed E-state index contributed by atoms with van der Waals surface area (Å²) >= 11 is 0. The molecule has 0 aliphatic heterocycles. The lowest BCUT2D eigenvalue weighted by atomic mass is 9.64. The number of nitrogens with one attached hydrogen (secondary N) is 1. The van der Waals surface area contributed by atoms with E-state index in [1.54, 1.807) is 0 Å². The summed E-state index contributed by atoms with van der Waals surface area (Å²) < 4.78 is 10.9. The summed E-state index contributed by atoms with van der Waals surface area (Å²) in [6.45, 7) is 12.5. The molecule has 100 valence electrons. The normalized spacial score (nSPS) is 27.2. The second kappa shape index (κ2) is 4.84. The molecule has 0 heterocycles. The highest BCUT2D eigenvalue weighted by molar-refractivity contribution is 5.68. The van der Waals surface area contributed by atoms with Gasteiger partial charge >= 0.3 is 6.09 Å². The summed E-state index contributed by atoms with van der Waals surface area (Å²) in [7, 11) is 0. The number of hydrogen-bond acceptors (Lipinski definition) is 3. The first kappa shape index (κ1) is 14.3. The fourth-order valence-corrected chi connectivity index (χ4v) is 2.06. The van der Waals surface area contributed by atoms with E-state index in [2.05, 4.69) is 19.2 Å². The van der Waals surface area contributed by atoms with Crippen LogP contribution in [0.4, 0.5) is 4.79 Å². The molecule has 17 heavy (non-hydrogen) atoms. The molecule has 1 rings (SSSR count). The Bertz CT molecular complexity index is 281. The van der Waals surface area contributed by atoms with Gasteiger partial charge in [-0.3, -0.25) is 0 Å². The van der Waals surface area contributed by atoms with Crippen molar-refractivity contribution in [2.45, 2.75) is 65.7 Å². The molecule has 0 saturated heterocycles. The van der Waals surface area contributed by atoms with Crippen molar-refractivity contribution in [3.63, 3.8) is 0 Å². The van der Waals surface area contributed by atoms with Crippen LogP contribution in [0.15, 0.2) is 0 Å². The standard InChI is InChI=1S/C13H25NO3/c1-7-16-10-8-9(13(10,5)6)14-11(15)17-12(2,3)4/h9-10H,7-8H2,1-6H3,(H,14,15). The van der Waals surface area contributed by atoms with Crippen molar-refractivity contribution < 1.29 is 14.3 Å². The number of hydrogen-bond donors (Lipinski definition) is 1. The number of amides is 1. The fourth-order valence-electron chi connectivity index (χ4n) is 2.06. The van der Waals surface area contributed by atoms with Gasteiger partial charge in [-0.1, -0.05) is 13.8 Å². The molecule has 2 unspecified atom stereocenters. The van der Waals surface area contributed by atoms with Crippen molar-refractivity contribution >= 4 is 6.09 Å². The van der Waals surface area contributed by atoms with Crippen LogP contribution in [0, 0.1) is 5.41 Å². The van der Waals surface area contributed by atoms with Gasteiger partial charge in [0.2, 0.25) is 0 Å². The Labute approximate surface area is 104 Å². The topological polar surface area (TPSA) is 47.6 Å². The SMILES string of the molecule is CCOC1CC(NC(=O)OC(C)(C)C)C1(C)C. The van der Waals surface area contributed by atoms with Crippen molar-refractivity contribution in [1.82, 2.24) is 5.32 Å². The Kier molecular flexibility index (Phi) is 4.07. The van der Waals surface area contributed by atoms with Crippen molar-refractivity contribution in [3.05, 3.63) is 0 Å². The molecule has 0 aromatic carbocycles. The average Bonchev–Trinajstić information content (AvgIpc) is 2.13. The van der Waals surface area contributed by atoms with Crippen LogP contribution >= 0.6 is 0 Å². The largest absolute Gasteiger partial charge is 0.444 e. The van der Waals surface area contributed by atoms with Gasteiger partial charge in [-0.15, -0.1) is 0 Å². The molecule has 1 aliphatic carbocycles.